The van der Waals surface area contributed by atoms with Crippen LogP contribution >= 0.6 is 11.6 Å². The van der Waals surface area contributed by atoms with Gasteiger partial charge in [-0.25, -0.2) is 0 Å². The number of rotatable bonds is 6. The number of nitrogens with zero attached hydrogens (tertiary/aromatic N) is 1. The summed E-state index contributed by atoms with van der Waals surface area (Å²) in [4.78, 5) is 10.5. The molecular weight excluding hydrogens is 252 g/mol. The zero-order valence-corrected chi connectivity index (χ0v) is 11.1. The third-order valence-electron chi connectivity index (χ3n) is 3.45. The number of hydrogen-bond donors (Lipinski definition) is 1. The van der Waals surface area contributed by atoms with Gasteiger partial charge in [-0.1, -0.05) is 18.5 Å². The molecule has 1 N–H and O–H groups in total. The normalized spacial score (nSPS) is 16.6. The molecule has 0 spiro atoms. The molecule has 18 heavy (non-hydrogen) atoms. The molecule has 0 aromatic heterocycles. The zero-order valence-electron chi connectivity index (χ0n) is 10.4. The lowest BCUT2D eigenvalue weighted by atomic mass is 10.1. The van der Waals surface area contributed by atoms with Gasteiger partial charge in [-0.2, -0.15) is 0 Å². The summed E-state index contributed by atoms with van der Waals surface area (Å²) in [6.07, 6.45) is 2.64. The van der Waals surface area contributed by atoms with E-state index in [9.17, 15) is 10.1 Å². The Labute approximate surface area is 111 Å². The standard InChI is InChI=1S/C13H17ClN2O2/c1-9(10-2-3-10)7-15-8-11-6-12(14)4-5-13(11)16(17)18/h4-6,9-10,15H,2-3,7-8H2,1H3. The topological polar surface area (TPSA) is 55.2 Å². The van der Waals surface area contributed by atoms with E-state index in [0.717, 1.165) is 12.5 Å². The first-order valence-corrected chi connectivity index (χ1v) is 6.59. The van der Waals surface area contributed by atoms with Crippen LogP contribution in [0.2, 0.25) is 5.02 Å². The van der Waals surface area contributed by atoms with Crippen LogP contribution in [0.1, 0.15) is 25.3 Å². The van der Waals surface area contributed by atoms with Gasteiger partial charge < -0.3 is 5.32 Å². The minimum absolute atomic E-state index is 0.131. The van der Waals surface area contributed by atoms with Crippen LogP contribution in [0.3, 0.4) is 0 Å². The van der Waals surface area contributed by atoms with Crippen LogP contribution < -0.4 is 5.32 Å². The van der Waals surface area contributed by atoms with Crippen LogP contribution in [0.15, 0.2) is 18.2 Å². The van der Waals surface area contributed by atoms with E-state index in [-0.39, 0.29) is 10.6 Å². The van der Waals surface area contributed by atoms with Gasteiger partial charge in [0.05, 0.1) is 4.92 Å². The predicted molar refractivity (Wildman–Crippen MR) is 71.7 cm³/mol. The molecule has 1 atom stereocenters. The third-order valence-corrected chi connectivity index (χ3v) is 3.68. The second kappa shape index (κ2) is 5.67. The molecule has 4 nitrogen and oxygen atoms in total. The van der Waals surface area contributed by atoms with Crippen molar-refractivity contribution in [3.63, 3.8) is 0 Å². The van der Waals surface area contributed by atoms with Gasteiger partial charge in [-0.05, 0) is 43.4 Å². The van der Waals surface area contributed by atoms with Crippen molar-refractivity contribution in [2.24, 2.45) is 11.8 Å². The highest BCUT2D eigenvalue weighted by Gasteiger charge is 2.27. The van der Waals surface area contributed by atoms with Crippen LogP contribution in [-0.4, -0.2) is 11.5 Å². The van der Waals surface area contributed by atoms with Crippen LogP contribution in [-0.2, 0) is 6.54 Å². The van der Waals surface area contributed by atoms with Gasteiger partial charge in [0.25, 0.3) is 5.69 Å². The number of nitrogens with one attached hydrogen (secondary N) is 1. The zero-order chi connectivity index (χ0) is 13.1. The fourth-order valence-corrected chi connectivity index (χ4v) is 2.33. The molecular formula is C13H17ClN2O2. The third kappa shape index (κ3) is 3.43. The Bertz CT molecular complexity index is 447. The molecule has 5 heteroatoms. The maximum atomic E-state index is 10.9. The molecule has 0 aliphatic heterocycles. The molecule has 1 aromatic rings. The fraction of sp³-hybridized carbons (Fsp3) is 0.538. The number of benzene rings is 1. The summed E-state index contributed by atoms with van der Waals surface area (Å²) in [7, 11) is 0. The minimum atomic E-state index is -0.363. The largest absolute Gasteiger partial charge is 0.312 e. The van der Waals surface area contributed by atoms with Gasteiger partial charge in [0.2, 0.25) is 0 Å². The van der Waals surface area contributed by atoms with Crippen molar-refractivity contribution < 1.29 is 4.92 Å². The lowest BCUT2D eigenvalue weighted by molar-refractivity contribution is -0.385. The van der Waals surface area contributed by atoms with Gasteiger partial charge in [0.1, 0.15) is 0 Å². The first kappa shape index (κ1) is 13.3. The molecule has 1 aliphatic carbocycles. The monoisotopic (exact) mass is 268 g/mol. The molecule has 1 saturated carbocycles. The summed E-state index contributed by atoms with van der Waals surface area (Å²) in [5.74, 6) is 1.48. The van der Waals surface area contributed by atoms with E-state index in [1.165, 1.54) is 18.9 Å². The summed E-state index contributed by atoms with van der Waals surface area (Å²) in [6, 6.07) is 4.67. The van der Waals surface area contributed by atoms with E-state index in [4.69, 9.17) is 11.6 Å². The Morgan fingerprint density at radius 3 is 2.89 bits per heavy atom. The van der Waals surface area contributed by atoms with E-state index in [2.05, 4.69) is 12.2 Å². The van der Waals surface area contributed by atoms with Crippen LogP contribution in [0, 0.1) is 22.0 Å². The van der Waals surface area contributed by atoms with E-state index in [1.807, 2.05) is 0 Å². The average Bonchev–Trinajstić information content (AvgIpc) is 3.12. The fourth-order valence-electron chi connectivity index (χ4n) is 2.14. The van der Waals surface area contributed by atoms with Crippen molar-refractivity contribution in [3.8, 4) is 0 Å². The summed E-state index contributed by atoms with van der Waals surface area (Å²) in [5.41, 5.74) is 0.779. The Morgan fingerprint density at radius 1 is 1.56 bits per heavy atom. The maximum absolute atomic E-state index is 10.9. The number of halogens is 1. The van der Waals surface area contributed by atoms with Crippen LogP contribution in [0.5, 0.6) is 0 Å². The smallest absolute Gasteiger partial charge is 0.273 e. The number of nitro benzene ring substituents is 1. The van der Waals surface area contributed by atoms with Crippen LogP contribution in [0.25, 0.3) is 0 Å². The van der Waals surface area contributed by atoms with Crippen LogP contribution in [0.4, 0.5) is 5.69 Å². The highest BCUT2D eigenvalue weighted by atomic mass is 35.5. The Hall–Kier alpha value is -1.13. The van der Waals surface area contributed by atoms with Crippen molar-refractivity contribution in [2.75, 3.05) is 6.54 Å². The molecule has 0 bridgehead atoms. The molecule has 0 radical (unpaired) electrons. The molecule has 0 saturated heterocycles. The Morgan fingerprint density at radius 2 is 2.28 bits per heavy atom. The lowest BCUT2D eigenvalue weighted by Crippen LogP contribution is -2.22. The van der Waals surface area contributed by atoms with E-state index < -0.39 is 0 Å². The Kier molecular flexibility index (Phi) is 4.19. The highest BCUT2D eigenvalue weighted by molar-refractivity contribution is 6.30. The predicted octanol–water partition coefficient (Wildman–Crippen LogP) is 3.38. The average molecular weight is 269 g/mol. The van der Waals surface area contributed by atoms with Crippen molar-refractivity contribution >= 4 is 17.3 Å². The highest BCUT2D eigenvalue weighted by Crippen LogP contribution is 2.36. The molecule has 0 heterocycles. The molecule has 2 rings (SSSR count). The molecule has 1 aliphatic rings. The number of hydrogen-bond acceptors (Lipinski definition) is 3. The van der Waals surface area contributed by atoms with E-state index in [0.29, 0.717) is 23.0 Å². The second-order valence-corrected chi connectivity index (χ2v) is 5.41. The molecule has 1 fully saturated rings. The van der Waals surface area contributed by atoms with Crippen molar-refractivity contribution in [1.29, 1.82) is 0 Å². The maximum Gasteiger partial charge on any atom is 0.273 e. The SMILES string of the molecule is CC(CNCc1cc(Cl)ccc1[N+](=O)[O-])C1CC1. The van der Waals surface area contributed by atoms with Gasteiger partial charge in [0.15, 0.2) is 0 Å². The first-order valence-electron chi connectivity index (χ1n) is 6.21. The molecule has 1 aromatic carbocycles. The molecule has 0 amide bonds. The quantitative estimate of drug-likeness (QED) is 0.636. The minimum Gasteiger partial charge on any atom is -0.312 e. The van der Waals surface area contributed by atoms with Crippen molar-refractivity contribution in [2.45, 2.75) is 26.3 Å². The van der Waals surface area contributed by atoms with Gasteiger partial charge in [-0.15, -0.1) is 0 Å². The summed E-state index contributed by atoms with van der Waals surface area (Å²) in [6.45, 7) is 3.61. The summed E-state index contributed by atoms with van der Waals surface area (Å²) in [5, 5.41) is 14.7. The molecule has 1 unspecified atom stereocenters. The Balaban J connectivity index is 1.94. The van der Waals surface area contributed by atoms with Gasteiger partial charge >= 0.3 is 0 Å². The van der Waals surface area contributed by atoms with Crippen molar-refractivity contribution in [1.82, 2.24) is 5.32 Å². The summed E-state index contributed by atoms with van der Waals surface area (Å²) >= 11 is 5.87. The second-order valence-electron chi connectivity index (χ2n) is 4.98. The lowest BCUT2D eigenvalue weighted by Gasteiger charge is -2.11. The number of nitro groups is 1. The first-order chi connectivity index (χ1) is 8.58. The van der Waals surface area contributed by atoms with Gasteiger partial charge in [0, 0.05) is 23.2 Å². The van der Waals surface area contributed by atoms with Gasteiger partial charge in [-0.3, -0.25) is 10.1 Å². The van der Waals surface area contributed by atoms with E-state index >= 15 is 0 Å². The van der Waals surface area contributed by atoms with Crippen molar-refractivity contribution in [3.05, 3.63) is 38.9 Å². The van der Waals surface area contributed by atoms with E-state index in [1.54, 1.807) is 12.1 Å². The summed E-state index contributed by atoms with van der Waals surface area (Å²) < 4.78 is 0. The molecule has 98 valence electrons.